The van der Waals surface area contributed by atoms with Gasteiger partial charge in [0.05, 0.1) is 6.04 Å². The smallest absolute Gasteiger partial charge is 0.239 e. The van der Waals surface area contributed by atoms with Crippen molar-refractivity contribution in [3.05, 3.63) is 29.8 Å². The molecule has 2 rings (SSSR count). The van der Waals surface area contributed by atoms with Crippen LogP contribution in [0.5, 0.6) is 0 Å². The van der Waals surface area contributed by atoms with Crippen LogP contribution in [0.4, 0.5) is 5.69 Å². The van der Waals surface area contributed by atoms with E-state index in [0.29, 0.717) is 17.4 Å². The van der Waals surface area contributed by atoms with Crippen molar-refractivity contribution in [1.29, 1.82) is 0 Å². The van der Waals surface area contributed by atoms with Crippen LogP contribution in [0.15, 0.2) is 24.3 Å². The fourth-order valence-electron chi connectivity index (χ4n) is 4.40. The Morgan fingerprint density at radius 1 is 1.12 bits per heavy atom. The van der Waals surface area contributed by atoms with E-state index in [1.165, 1.54) is 24.1 Å². The molecular formula is C28H49N3O. The van der Waals surface area contributed by atoms with Gasteiger partial charge in [-0.1, -0.05) is 67.0 Å². The summed E-state index contributed by atoms with van der Waals surface area (Å²) >= 11 is 0. The van der Waals surface area contributed by atoms with Crippen molar-refractivity contribution in [2.75, 3.05) is 24.5 Å². The highest BCUT2D eigenvalue weighted by atomic mass is 16.2. The summed E-state index contributed by atoms with van der Waals surface area (Å²) in [7, 11) is 0. The molecule has 1 amide bonds. The Morgan fingerprint density at radius 2 is 1.72 bits per heavy atom. The number of hydrogen-bond donors (Lipinski definition) is 1. The van der Waals surface area contributed by atoms with Crippen LogP contribution in [0.2, 0.25) is 0 Å². The maximum absolute atomic E-state index is 12.8. The van der Waals surface area contributed by atoms with Crippen molar-refractivity contribution in [2.45, 2.75) is 99.1 Å². The number of nitrogens with two attached hydrogens (primary N) is 1. The van der Waals surface area contributed by atoms with E-state index in [4.69, 9.17) is 5.73 Å². The average Bonchev–Trinajstić information content (AvgIpc) is 2.76. The van der Waals surface area contributed by atoms with Crippen LogP contribution < -0.4 is 10.6 Å². The van der Waals surface area contributed by atoms with E-state index in [-0.39, 0.29) is 17.9 Å². The third-order valence-electron chi connectivity index (χ3n) is 7.14. The fraction of sp³-hybridized carbons (Fsp3) is 0.750. The topological polar surface area (TPSA) is 49.6 Å². The molecule has 0 bridgehead atoms. The zero-order chi connectivity index (χ0) is 23.9. The Hall–Kier alpha value is -1.55. The number of likely N-dealkylation sites (tertiary alicyclic amines) is 1. The summed E-state index contributed by atoms with van der Waals surface area (Å²) in [4.78, 5) is 17.4. The molecule has 2 atom stereocenters. The average molecular weight is 444 g/mol. The molecule has 0 aromatic heterocycles. The number of anilines is 1. The lowest BCUT2D eigenvalue weighted by atomic mass is 9.88. The van der Waals surface area contributed by atoms with E-state index in [0.717, 1.165) is 45.3 Å². The second kappa shape index (κ2) is 12.1. The second-order valence-corrected chi connectivity index (χ2v) is 11.6. The number of carbonyl (C=O) groups is 1. The summed E-state index contributed by atoms with van der Waals surface area (Å²) in [5, 5.41) is 0. The minimum atomic E-state index is -0.366. The predicted octanol–water partition coefficient (Wildman–Crippen LogP) is 5.88. The summed E-state index contributed by atoms with van der Waals surface area (Å²) < 4.78 is 0. The molecule has 0 radical (unpaired) electrons. The fourth-order valence-corrected chi connectivity index (χ4v) is 4.40. The number of nitrogens with zero attached hydrogens (tertiary/aromatic N) is 2. The normalized spacial score (nSPS) is 17.5. The maximum atomic E-state index is 12.8. The number of rotatable bonds is 10. The summed E-state index contributed by atoms with van der Waals surface area (Å²) in [5.74, 6) is 1.05. The Balaban J connectivity index is 2.04. The van der Waals surface area contributed by atoms with Gasteiger partial charge in [-0.25, -0.2) is 0 Å². The molecule has 4 heteroatoms. The lowest BCUT2D eigenvalue weighted by Gasteiger charge is -2.41. The van der Waals surface area contributed by atoms with Crippen LogP contribution in [0.25, 0.3) is 0 Å². The molecule has 4 nitrogen and oxygen atoms in total. The molecule has 1 aromatic rings. The highest BCUT2D eigenvalue weighted by Gasteiger charge is 2.31. The van der Waals surface area contributed by atoms with Crippen molar-refractivity contribution in [3.8, 4) is 0 Å². The van der Waals surface area contributed by atoms with E-state index in [2.05, 4.69) is 77.6 Å². The van der Waals surface area contributed by atoms with Gasteiger partial charge in [-0.2, -0.15) is 0 Å². The van der Waals surface area contributed by atoms with E-state index in [1.807, 2.05) is 4.90 Å². The SMILES string of the molecule is CCC(C)C(N)C(=O)N1CCC(N(CCC(C)C)c2ccc(CCC(C)(C)C)cc2)CC1. The van der Waals surface area contributed by atoms with Crippen molar-refractivity contribution < 1.29 is 4.79 Å². The van der Waals surface area contributed by atoms with Crippen LogP contribution in [0, 0.1) is 17.3 Å². The molecule has 0 saturated carbocycles. The highest BCUT2D eigenvalue weighted by molar-refractivity contribution is 5.82. The van der Waals surface area contributed by atoms with Crippen LogP contribution in [-0.2, 0) is 11.2 Å². The maximum Gasteiger partial charge on any atom is 0.239 e. The van der Waals surface area contributed by atoms with E-state index in [1.54, 1.807) is 0 Å². The molecule has 182 valence electrons. The highest BCUT2D eigenvalue weighted by Crippen LogP contribution is 2.27. The van der Waals surface area contributed by atoms with Crippen LogP contribution in [0.3, 0.4) is 0 Å². The summed E-state index contributed by atoms with van der Waals surface area (Å²) in [5.41, 5.74) is 9.35. The first kappa shape index (κ1) is 26.7. The lowest BCUT2D eigenvalue weighted by molar-refractivity contribution is -0.134. The molecule has 2 N–H and O–H groups in total. The molecule has 0 spiro atoms. The lowest BCUT2D eigenvalue weighted by Crippen LogP contribution is -2.52. The minimum absolute atomic E-state index is 0.134. The van der Waals surface area contributed by atoms with Gasteiger partial charge in [0.1, 0.15) is 0 Å². The predicted molar refractivity (Wildman–Crippen MR) is 138 cm³/mol. The van der Waals surface area contributed by atoms with E-state index >= 15 is 0 Å². The number of benzene rings is 1. The first-order valence-corrected chi connectivity index (χ1v) is 12.9. The van der Waals surface area contributed by atoms with Crippen molar-refractivity contribution in [2.24, 2.45) is 23.0 Å². The van der Waals surface area contributed by atoms with Crippen LogP contribution >= 0.6 is 0 Å². The monoisotopic (exact) mass is 443 g/mol. The van der Waals surface area contributed by atoms with E-state index < -0.39 is 0 Å². The first-order chi connectivity index (χ1) is 15.0. The number of hydrogen-bond acceptors (Lipinski definition) is 3. The van der Waals surface area contributed by atoms with Gasteiger partial charge in [-0.15, -0.1) is 0 Å². The van der Waals surface area contributed by atoms with Crippen molar-refractivity contribution >= 4 is 11.6 Å². The summed E-state index contributed by atoms with van der Waals surface area (Å²) in [6.07, 6.45) is 6.50. The largest absolute Gasteiger partial charge is 0.368 e. The Kier molecular flexibility index (Phi) is 10.1. The van der Waals surface area contributed by atoms with Gasteiger partial charge < -0.3 is 15.5 Å². The molecule has 1 aromatic carbocycles. The second-order valence-electron chi connectivity index (χ2n) is 11.6. The molecule has 2 unspecified atom stereocenters. The Bertz CT molecular complexity index is 684. The molecule has 1 aliphatic heterocycles. The Labute approximate surface area is 197 Å². The zero-order valence-electron chi connectivity index (χ0n) is 21.9. The molecule has 1 saturated heterocycles. The van der Waals surface area contributed by atoms with Gasteiger partial charge in [0, 0.05) is 31.4 Å². The molecule has 32 heavy (non-hydrogen) atoms. The number of carbonyl (C=O) groups excluding carboxylic acids is 1. The number of piperidine rings is 1. The Morgan fingerprint density at radius 3 is 2.22 bits per heavy atom. The van der Waals surface area contributed by atoms with Crippen molar-refractivity contribution in [1.82, 2.24) is 4.90 Å². The van der Waals surface area contributed by atoms with Crippen LogP contribution in [-0.4, -0.2) is 42.5 Å². The third kappa shape index (κ3) is 8.10. The van der Waals surface area contributed by atoms with Crippen LogP contribution in [0.1, 0.15) is 86.1 Å². The van der Waals surface area contributed by atoms with Gasteiger partial charge in [0.25, 0.3) is 0 Å². The van der Waals surface area contributed by atoms with E-state index in [9.17, 15) is 4.79 Å². The first-order valence-electron chi connectivity index (χ1n) is 12.9. The molecule has 1 aliphatic rings. The molecule has 0 aliphatic carbocycles. The summed E-state index contributed by atoms with van der Waals surface area (Å²) in [6.45, 7) is 18.4. The minimum Gasteiger partial charge on any atom is -0.368 e. The van der Waals surface area contributed by atoms with Crippen molar-refractivity contribution in [3.63, 3.8) is 0 Å². The molecule has 1 heterocycles. The summed E-state index contributed by atoms with van der Waals surface area (Å²) in [6, 6.07) is 9.37. The number of aryl methyl sites for hydroxylation is 1. The molecular weight excluding hydrogens is 394 g/mol. The molecule has 1 fully saturated rings. The third-order valence-corrected chi connectivity index (χ3v) is 7.14. The van der Waals surface area contributed by atoms with Gasteiger partial charge in [0.2, 0.25) is 5.91 Å². The number of amides is 1. The van der Waals surface area contributed by atoms with Gasteiger partial charge >= 0.3 is 0 Å². The van der Waals surface area contributed by atoms with Gasteiger partial charge in [-0.05, 0) is 67.1 Å². The van der Waals surface area contributed by atoms with Gasteiger partial charge in [0.15, 0.2) is 0 Å². The van der Waals surface area contributed by atoms with Gasteiger partial charge in [-0.3, -0.25) is 4.79 Å². The quantitative estimate of drug-likeness (QED) is 0.491. The zero-order valence-corrected chi connectivity index (χ0v) is 21.9. The standard InChI is InChI=1S/C28H49N3O/c1-8-22(4)26(29)27(32)30-18-15-25(16-19-30)31(20-14-21(2)3)24-11-9-23(10-12-24)13-17-28(5,6)7/h9-12,21-22,25-26H,8,13-20,29H2,1-7H3.